The van der Waals surface area contributed by atoms with E-state index >= 15 is 0 Å². The summed E-state index contributed by atoms with van der Waals surface area (Å²) in [6.07, 6.45) is 0. The Morgan fingerprint density at radius 1 is 0.812 bits per heavy atom. The summed E-state index contributed by atoms with van der Waals surface area (Å²) in [7, 11) is -3.63. The molecule has 0 aliphatic carbocycles. The maximum atomic E-state index is 3.53. The van der Waals surface area contributed by atoms with Crippen LogP contribution in [0.15, 0.2) is 10.9 Å². The van der Waals surface area contributed by atoms with Crippen molar-refractivity contribution in [2.75, 3.05) is 0 Å². The molecule has 0 amide bonds. The van der Waals surface area contributed by atoms with E-state index in [9.17, 15) is 0 Å². The van der Waals surface area contributed by atoms with Crippen molar-refractivity contribution in [1.29, 1.82) is 0 Å². The van der Waals surface area contributed by atoms with Gasteiger partial charge in [-0.15, -0.1) is 5.54 Å². The van der Waals surface area contributed by atoms with E-state index < -0.39 is 24.2 Å². The predicted octanol–water partition coefficient (Wildman–Crippen LogP) is 4.55. The molecule has 0 aromatic carbocycles. The van der Waals surface area contributed by atoms with Crippen LogP contribution in [0.5, 0.6) is 0 Å². The summed E-state index contributed by atoms with van der Waals surface area (Å²) in [5, 5.41) is 1.48. The smallest absolute Gasteiger partial charge is 0.127 e. The molecule has 16 heavy (non-hydrogen) atoms. The first-order valence-corrected chi connectivity index (χ1v) is 16.7. The Morgan fingerprint density at radius 2 is 1.25 bits per heavy atom. The van der Waals surface area contributed by atoms with Crippen molar-refractivity contribution < 1.29 is 0 Å². The van der Waals surface area contributed by atoms with Gasteiger partial charge in [0.15, 0.2) is 0 Å². The lowest BCUT2D eigenvalue weighted by Crippen LogP contribution is -2.28. The quantitative estimate of drug-likeness (QED) is 0.509. The molecular weight excluding hydrogens is 240 g/mol. The van der Waals surface area contributed by atoms with Gasteiger partial charge < -0.3 is 0 Å². The average Bonchev–Trinajstić information content (AvgIpc) is 1.91. The van der Waals surface area contributed by atoms with Crippen molar-refractivity contribution in [3.63, 3.8) is 0 Å². The van der Waals surface area contributed by atoms with Crippen molar-refractivity contribution in [2.45, 2.75) is 58.9 Å². The summed E-state index contributed by atoms with van der Waals surface area (Å²) in [6.45, 7) is 21.3. The van der Waals surface area contributed by atoms with Crippen molar-refractivity contribution in [1.82, 2.24) is 0 Å². The van der Waals surface area contributed by atoms with Gasteiger partial charge in [-0.2, -0.15) is 0 Å². The lowest BCUT2D eigenvalue weighted by atomic mass is 10.7. The summed E-state index contributed by atoms with van der Waals surface area (Å²) in [4.78, 5) is 0. The van der Waals surface area contributed by atoms with Crippen molar-refractivity contribution in [3.8, 4) is 11.5 Å². The SMILES string of the molecule is C[Si](C)(C)C#C/C(=C\[Si](C)(C)C)[Si](C)(C)C. The fourth-order valence-electron chi connectivity index (χ4n) is 1.13. The molecule has 0 fully saturated rings. The van der Waals surface area contributed by atoms with E-state index in [0.29, 0.717) is 0 Å². The maximum absolute atomic E-state index is 3.53. The molecule has 0 rings (SSSR count). The minimum Gasteiger partial charge on any atom is -0.127 e. The molecule has 0 aliphatic heterocycles. The van der Waals surface area contributed by atoms with Crippen molar-refractivity contribution in [3.05, 3.63) is 10.9 Å². The summed E-state index contributed by atoms with van der Waals surface area (Å²) < 4.78 is 0. The number of allylic oxidation sites excluding steroid dienone is 1. The van der Waals surface area contributed by atoms with Gasteiger partial charge in [0.25, 0.3) is 0 Å². The van der Waals surface area contributed by atoms with Gasteiger partial charge in [0.2, 0.25) is 0 Å². The zero-order valence-corrected chi connectivity index (χ0v) is 15.6. The minimum absolute atomic E-state index is 1.14. The monoisotopic (exact) mass is 268 g/mol. The van der Waals surface area contributed by atoms with Gasteiger partial charge in [-0.1, -0.05) is 70.5 Å². The van der Waals surface area contributed by atoms with Crippen LogP contribution in [0, 0.1) is 11.5 Å². The summed E-state index contributed by atoms with van der Waals surface area (Å²) in [5.74, 6) is 3.53. The molecule has 0 N–H and O–H groups in total. The van der Waals surface area contributed by atoms with E-state index in [4.69, 9.17) is 0 Å². The Kier molecular flexibility index (Phi) is 5.06. The normalized spacial score (nSPS) is 14.4. The second kappa shape index (κ2) is 5.07. The highest BCUT2D eigenvalue weighted by Gasteiger charge is 2.22. The largest absolute Gasteiger partial charge is 0.129 e. The van der Waals surface area contributed by atoms with Crippen LogP contribution in [0.2, 0.25) is 58.9 Å². The standard InChI is InChI=1S/C13H28Si3/c1-14(2,3)11-10-13(16(7,8)9)12-15(4,5)6/h12H,1-9H3/b13-12+. The molecule has 0 radical (unpaired) electrons. The molecule has 0 bridgehead atoms. The minimum atomic E-state index is -1.25. The molecule has 0 aromatic rings. The van der Waals surface area contributed by atoms with Crippen LogP contribution in [-0.4, -0.2) is 24.2 Å². The molecule has 0 atom stereocenters. The number of rotatable bonds is 2. The van der Waals surface area contributed by atoms with Gasteiger partial charge in [0.1, 0.15) is 8.07 Å². The topological polar surface area (TPSA) is 0 Å². The zero-order valence-electron chi connectivity index (χ0n) is 12.6. The van der Waals surface area contributed by atoms with Gasteiger partial charge >= 0.3 is 0 Å². The van der Waals surface area contributed by atoms with Gasteiger partial charge in [-0.05, 0) is 5.20 Å². The lowest BCUT2D eigenvalue weighted by molar-refractivity contribution is 1.66. The zero-order chi connectivity index (χ0) is 13.2. The van der Waals surface area contributed by atoms with E-state index in [0.717, 1.165) is 0 Å². The van der Waals surface area contributed by atoms with Crippen LogP contribution in [0.4, 0.5) is 0 Å². The summed E-state index contributed by atoms with van der Waals surface area (Å²) in [5.41, 5.74) is 6.05. The van der Waals surface area contributed by atoms with Gasteiger partial charge in [-0.25, -0.2) is 0 Å². The summed E-state index contributed by atoms with van der Waals surface area (Å²) in [6, 6.07) is 0. The number of hydrogen-bond donors (Lipinski definition) is 0. The van der Waals surface area contributed by atoms with Crippen molar-refractivity contribution in [2.24, 2.45) is 0 Å². The molecule has 0 spiro atoms. The number of hydrogen-bond acceptors (Lipinski definition) is 0. The van der Waals surface area contributed by atoms with E-state index in [2.05, 4.69) is 76.1 Å². The second-order valence-corrected chi connectivity index (χ2v) is 22.5. The van der Waals surface area contributed by atoms with E-state index in [1.54, 1.807) is 0 Å². The maximum Gasteiger partial charge on any atom is 0.129 e. The third-order valence-corrected chi connectivity index (χ3v) is 6.16. The molecule has 0 nitrogen and oxygen atoms in total. The van der Waals surface area contributed by atoms with Gasteiger partial charge in [-0.3, -0.25) is 0 Å². The van der Waals surface area contributed by atoms with E-state index in [-0.39, 0.29) is 0 Å². The average molecular weight is 269 g/mol. The van der Waals surface area contributed by atoms with Crippen LogP contribution < -0.4 is 0 Å². The first-order valence-electron chi connectivity index (χ1n) is 6.08. The van der Waals surface area contributed by atoms with Gasteiger partial charge in [0.05, 0.1) is 16.1 Å². The predicted molar refractivity (Wildman–Crippen MR) is 85.9 cm³/mol. The summed E-state index contributed by atoms with van der Waals surface area (Å²) >= 11 is 0. The first-order chi connectivity index (χ1) is 6.81. The van der Waals surface area contributed by atoms with E-state index in [1.807, 2.05) is 0 Å². The Morgan fingerprint density at radius 3 is 1.50 bits per heavy atom. The molecule has 92 valence electrons. The highest BCUT2D eigenvalue weighted by molar-refractivity contribution is 6.89. The molecule has 3 heteroatoms. The third-order valence-electron chi connectivity index (χ3n) is 1.96. The molecule has 0 saturated carbocycles. The van der Waals surface area contributed by atoms with Crippen LogP contribution in [0.3, 0.4) is 0 Å². The van der Waals surface area contributed by atoms with Gasteiger partial charge in [0, 0.05) is 0 Å². The Labute approximate surface area is 106 Å². The Bertz CT molecular complexity index is 321. The van der Waals surface area contributed by atoms with Crippen LogP contribution >= 0.6 is 0 Å². The molecule has 0 aromatic heterocycles. The molecular formula is C13H28Si3. The van der Waals surface area contributed by atoms with Crippen LogP contribution in [-0.2, 0) is 0 Å². The lowest BCUT2D eigenvalue weighted by Gasteiger charge is -2.21. The molecule has 0 saturated heterocycles. The van der Waals surface area contributed by atoms with Crippen LogP contribution in [0.1, 0.15) is 0 Å². The second-order valence-electron chi connectivity index (χ2n) is 7.67. The Balaban J connectivity index is 5.30. The highest BCUT2D eigenvalue weighted by Crippen LogP contribution is 2.18. The van der Waals surface area contributed by atoms with Crippen molar-refractivity contribution >= 4 is 24.2 Å². The first kappa shape index (κ1) is 16.0. The molecule has 0 unspecified atom stereocenters. The highest BCUT2D eigenvalue weighted by atomic mass is 28.3. The molecule has 0 aliphatic rings. The van der Waals surface area contributed by atoms with Crippen LogP contribution in [0.25, 0.3) is 0 Å². The fourth-order valence-corrected chi connectivity index (χ4v) is 6.17. The molecule has 0 heterocycles. The van der Waals surface area contributed by atoms with E-state index in [1.165, 1.54) is 5.20 Å². The Hall–Kier alpha value is -0.0494. The fraction of sp³-hybridized carbons (Fsp3) is 0.692. The third kappa shape index (κ3) is 8.14.